The van der Waals surface area contributed by atoms with Gasteiger partial charge in [0.25, 0.3) is 0 Å². The zero-order chi connectivity index (χ0) is 25.6. The molecule has 2 amide bonds. The Labute approximate surface area is 213 Å². The van der Waals surface area contributed by atoms with E-state index in [2.05, 4.69) is 58.5 Å². The molecule has 2 aromatic rings. The van der Waals surface area contributed by atoms with Gasteiger partial charge in [0, 0.05) is 57.3 Å². The summed E-state index contributed by atoms with van der Waals surface area (Å²) in [6.45, 7) is 6.33. The number of rotatable bonds is 8. The van der Waals surface area contributed by atoms with E-state index < -0.39 is 5.54 Å². The van der Waals surface area contributed by atoms with Crippen LogP contribution >= 0.6 is 0 Å². The molecule has 5 atom stereocenters. The van der Waals surface area contributed by atoms with Crippen LogP contribution in [-0.2, 0) is 22.7 Å². The highest BCUT2D eigenvalue weighted by atomic mass is 16.3. The second-order valence-corrected chi connectivity index (χ2v) is 11.5. The topological polar surface area (TPSA) is 84.9 Å². The molecule has 0 radical (unpaired) electrons. The number of hydrogen-bond donors (Lipinski definition) is 3. The van der Waals surface area contributed by atoms with Gasteiger partial charge < -0.3 is 20.6 Å². The van der Waals surface area contributed by atoms with Crippen LogP contribution in [0.1, 0.15) is 37.8 Å². The van der Waals surface area contributed by atoms with Crippen LogP contribution in [0.15, 0.2) is 48.5 Å². The minimum Gasteiger partial charge on any atom is -0.508 e. The number of amides is 2. The van der Waals surface area contributed by atoms with Crippen LogP contribution in [-0.4, -0.2) is 54.0 Å². The summed E-state index contributed by atoms with van der Waals surface area (Å²) in [6.07, 6.45) is 1.70. The van der Waals surface area contributed by atoms with Crippen LogP contribution in [0.25, 0.3) is 0 Å². The molecule has 7 nitrogen and oxygen atoms in total. The summed E-state index contributed by atoms with van der Waals surface area (Å²) in [6, 6.07) is 15.4. The quantitative estimate of drug-likeness (QED) is 0.530. The minimum absolute atomic E-state index is 0.0321. The lowest BCUT2D eigenvalue weighted by Crippen LogP contribution is -2.77. The standard InChI is InChI=1S/C29H38N4O3/c1-18(2)13-24-25-14-21-17-33(16-20-5-9-22(10-6-20)32(3)4)26(24)29(21,31-27(25)35)28(36)30-15-19-7-11-23(34)12-8-19/h5-12,18,21,24-26,34H,13-17H2,1-4H3,(H,30,36)(H,31,35)/t21-,24+,25+,26-,29-/m0/s1. The summed E-state index contributed by atoms with van der Waals surface area (Å²) in [7, 11) is 4.07. The molecule has 6 rings (SSSR count). The summed E-state index contributed by atoms with van der Waals surface area (Å²) in [5.74, 6) is 0.800. The molecule has 4 bridgehead atoms. The van der Waals surface area contributed by atoms with Gasteiger partial charge in [0.05, 0.1) is 0 Å². The molecule has 0 unspecified atom stereocenters. The molecule has 7 heteroatoms. The molecule has 3 saturated heterocycles. The molecule has 1 saturated carbocycles. The monoisotopic (exact) mass is 490 g/mol. The molecule has 3 N–H and O–H groups in total. The van der Waals surface area contributed by atoms with Crippen LogP contribution in [0, 0.1) is 23.7 Å². The van der Waals surface area contributed by atoms with Crippen molar-refractivity contribution in [1.82, 2.24) is 15.5 Å². The number of carbonyl (C=O) groups is 2. The van der Waals surface area contributed by atoms with Crippen molar-refractivity contribution in [3.63, 3.8) is 0 Å². The van der Waals surface area contributed by atoms with E-state index in [4.69, 9.17) is 0 Å². The first-order valence-corrected chi connectivity index (χ1v) is 13.1. The van der Waals surface area contributed by atoms with E-state index in [1.807, 2.05) is 26.2 Å². The molecule has 3 heterocycles. The molecule has 1 aliphatic carbocycles. The van der Waals surface area contributed by atoms with E-state index >= 15 is 0 Å². The Morgan fingerprint density at radius 2 is 1.81 bits per heavy atom. The Kier molecular flexibility index (Phi) is 6.45. The highest BCUT2D eigenvalue weighted by molar-refractivity contribution is 5.97. The van der Waals surface area contributed by atoms with Gasteiger partial charge in [-0.3, -0.25) is 14.5 Å². The number of piperidine rings is 2. The number of fused-ring (bicyclic) bond motifs is 1. The molecule has 0 aromatic heterocycles. The van der Waals surface area contributed by atoms with Crippen molar-refractivity contribution in [2.75, 3.05) is 25.5 Å². The highest BCUT2D eigenvalue weighted by Crippen LogP contribution is 2.54. The predicted octanol–water partition coefficient (Wildman–Crippen LogP) is 3.13. The van der Waals surface area contributed by atoms with Gasteiger partial charge in [-0.1, -0.05) is 38.1 Å². The van der Waals surface area contributed by atoms with Crippen LogP contribution in [0.5, 0.6) is 5.75 Å². The summed E-state index contributed by atoms with van der Waals surface area (Å²) < 4.78 is 0. The summed E-state index contributed by atoms with van der Waals surface area (Å²) in [5.41, 5.74) is 2.38. The Morgan fingerprint density at radius 3 is 2.44 bits per heavy atom. The van der Waals surface area contributed by atoms with Crippen molar-refractivity contribution >= 4 is 17.5 Å². The fraction of sp³-hybridized carbons (Fsp3) is 0.517. The average Bonchev–Trinajstić information content (AvgIpc) is 3.06. The van der Waals surface area contributed by atoms with E-state index in [1.54, 1.807) is 12.1 Å². The molecule has 192 valence electrons. The normalized spacial score (nSPS) is 28.9. The van der Waals surface area contributed by atoms with E-state index in [0.717, 1.165) is 37.2 Å². The van der Waals surface area contributed by atoms with Crippen molar-refractivity contribution in [2.45, 2.75) is 51.4 Å². The second-order valence-electron chi connectivity index (χ2n) is 11.5. The first-order chi connectivity index (χ1) is 17.2. The van der Waals surface area contributed by atoms with E-state index in [1.165, 1.54) is 5.56 Å². The van der Waals surface area contributed by atoms with Gasteiger partial charge in [-0.2, -0.15) is 0 Å². The predicted molar refractivity (Wildman–Crippen MR) is 140 cm³/mol. The van der Waals surface area contributed by atoms with Gasteiger partial charge in [0.1, 0.15) is 11.3 Å². The maximum atomic E-state index is 14.0. The first-order valence-electron chi connectivity index (χ1n) is 13.1. The molecule has 4 aliphatic rings. The lowest BCUT2D eigenvalue weighted by atomic mass is 9.57. The van der Waals surface area contributed by atoms with Crippen LogP contribution < -0.4 is 15.5 Å². The van der Waals surface area contributed by atoms with Crippen LogP contribution in [0.2, 0.25) is 0 Å². The zero-order valence-corrected chi connectivity index (χ0v) is 21.7. The number of phenolic OH excluding ortho intramolecular Hbond substituents is 1. The number of nitrogens with one attached hydrogen (secondary N) is 2. The number of aromatic hydroxyl groups is 1. The van der Waals surface area contributed by atoms with Gasteiger partial charge in [-0.15, -0.1) is 0 Å². The third kappa shape index (κ3) is 4.23. The van der Waals surface area contributed by atoms with Crippen molar-refractivity contribution in [2.24, 2.45) is 23.7 Å². The summed E-state index contributed by atoms with van der Waals surface area (Å²) >= 11 is 0. The number of phenols is 1. The van der Waals surface area contributed by atoms with Gasteiger partial charge in [0.15, 0.2) is 0 Å². The Morgan fingerprint density at radius 1 is 1.14 bits per heavy atom. The van der Waals surface area contributed by atoms with Crippen molar-refractivity contribution in [1.29, 1.82) is 0 Å². The third-order valence-corrected chi connectivity index (χ3v) is 8.43. The largest absolute Gasteiger partial charge is 0.508 e. The molecule has 36 heavy (non-hydrogen) atoms. The SMILES string of the molecule is CC(C)C[C@H]1[C@@H]2N(Cc3ccc(N(C)C)cc3)C[C@@H]3C[C@H]1C(=O)N[C@@]32C(=O)NCc1ccc(O)cc1. The maximum Gasteiger partial charge on any atom is 0.248 e. The highest BCUT2D eigenvalue weighted by Gasteiger charge is 2.70. The fourth-order valence-corrected chi connectivity index (χ4v) is 6.87. The number of benzene rings is 2. The summed E-state index contributed by atoms with van der Waals surface area (Å²) in [5, 5.41) is 16.0. The van der Waals surface area contributed by atoms with E-state index in [9.17, 15) is 14.7 Å². The number of nitrogens with zero attached hydrogens (tertiary/aromatic N) is 2. The smallest absolute Gasteiger partial charge is 0.248 e. The number of carbonyl (C=O) groups excluding carboxylic acids is 2. The number of likely N-dealkylation sites (tertiary alicyclic amines) is 1. The number of hydrogen-bond acceptors (Lipinski definition) is 5. The average molecular weight is 491 g/mol. The Hall–Kier alpha value is -3.06. The van der Waals surface area contributed by atoms with Gasteiger partial charge in [-0.25, -0.2) is 0 Å². The fourth-order valence-electron chi connectivity index (χ4n) is 6.87. The lowest BCUT2D eigenvalue weighted by Gasteiger charge is -2.55. The van der Waals surface area contributed by atoms with Crippen LogP contribution in [0.3, 0.4) is 0 Å². The molecule has 3 aliphatic heterocycles. The second kappa shape index (κ2) is 9.43. The van der Waals surface area contributed by atoms with E-state index in [-0.39, 0.29) is 41.4 Å². The first kappa shape index (κ1) is 24.6. The van der Waals surface area contributed by atoms with Gasteiger partial charge in [0.2, 0.25) is 11.8 Å². The molecule has 4 fully saturated rings. The van der Waals surface area contributed by atoms with Crippen LogP contribution in [0.4, 0.5) is 5.69 Å². The number of anilines is 1. The zero-order valence-electron chi connectivity index (χ0n) is 21.7. The molecule has 2 aromatic carbocycles. The third-order valence-electron chi connectivity index (χ3n) is 8.43. The van der Waals surface area contributed by atoms with Gasteiger partial charge in [-0.05, 0) is 60.1 Å². The molecular weight excluding hydrogens is 452 g/mol. The lowest BCUT2D eigenvalue weighted by molar-refractivity contribution is -0.155. The maximum absolute atomic E-state index is 14.0. The van der Waals surface area contributed by atoms with E-state index in [0.29, 0.717) is 12.5 Å². The minimum atomic E-state index is -0.911. The Bertz CT molecular complexity index is 1110. The molecular formula is C29H38N4O3. The molecule has 0 spiro atoms. The van der Waals surface area contributed by atoms with Crippen molar-refractivity contribution in [3.05, 3.63) is 59.7 Å². The van der Waals surface area contributed by atoms with Crippen molar-refractivity contribution < 1.29 is 14.7 Å². The summed E-state index contributed by atoms with van der Waals surface area (Å²) in [4.78, 5) is 31.7. The van der Waals surface area contributed by atoms with Gasteiger partial charge >= 0.3 is 0 Å². The van der Waals surface area contributed by atoms with Crippen molar-refractivity contribution in [3.8, 4) is 5.75 Å². The Balaban J connectivity index is 1.44.